The molecule has 0 saturated carbocycles. The van der Waals surface area contributed by atoms with E-state index in [1.165, 1.54) is 18.2 Å². The predicted molar refractivity (Wildman–Crippen MR) is 97.5 cm³/mol. The molecule has 126 valence electrons. The average molecular weight is 424 g/mol. The van der Waals surface area contributed by atoms with Crippen LogP contribution in [0.1, 0.15) is 5.56 Å². The molecule has 0 unspecified atom stereocenters. The van der Waals surface area contributed by atoms with Gasteiger partial charge in [-0.15, -0.1) is 0 Å². The number of rotatable bonds is 1. The highest BCUT2D eigenvalue weighted by atomic mass is 79.9. The third-order valence-corrected chi connectivity index (χ3v) is 4.64. The van der Waals surface area contributed by atoms with Gasteiger partial charge in [-0.3, -0.25) is 4.68 Å². The summed E-state index contributed by atoms with van der Waals surface area (Å²) in [6.45, 7) is 0. The van der Waals surface area contributed by atoms with E-state index < -0.39 is 11.6 Å². The van der Waals surface area contributed by atoms with Crippen LogP contribution in [0.15, 0.2) is 45.9 Å². The first-order chi connectivity index (χ1) is 12.0. The summed E-state index contributed by atoms with van der Waals surface area (Å²) in [5.74, 6) is -1.39. The Kier molecular flexibility index (Phi) is 3.85. The van der Waals surface area contributed by atoms with Gasteiger partial charge in [0.15, 0.2) is 5.15 Å². The van der Waals surface area contributed by atoms with E-state index in [0.717, 1.165) is 10.0 Å². The Labute approximate surface area is 155 Å². The molecule has 4 nitrogen and oxygen atoms in total. The highest BCUT2D eigenvalue weighted by Crippen LogP contribution is 2.43. The number of aromatic nitrogens is 2. The number of fused-ring (bicyclic) bond motifs is 3. The van der Waals surface area contributed by atoms with E-state index in [9.17, 15) is 8.78 Å². The fourth-order valence-electron chi connectivity index (χ4n) is 2.81. The Morgan fingerprint density at radius 1 is 1.16 bits per heavy atom. The standard InChI is InChI=1S/C17H10BrClF2N4/c1-25-15-9-7-8(18)5-6-12(9)22-17(23-14(15)16(19)24-25)13-10(20)3-2-4-11(13)21/h2-7H,1H3,(H,22,23). The number of nitrogens with one attached hydrogen (secondary N) is 1. The van der Waals surface area contributed by atoms with Crippen molar-refractivity contribution in [1.29, 1.82) is 0 Å². The van der Waals surface area contributed by atoms with Crippen LogP contribution >= 0.6 is 27.5 Å². The van der Waals surface area contributed by atoms with Gasteiger partial charge in [0.2, 0.25) is 0 Å². The second kappa shape index (κ2) is 5.93. The van der Waals surface area contributed by atoms with Gasteiger partial charge in [-0.2, -0.15) is 5.10 Å². The van der Waals surface area contributed by atoms with E-state index in [1.54, 1.807) is 17.8 Å². The van der Waals surface area contributed by atoms with Crippen molar-refractivity contribution in [3.05, 3.63) is 63.2 Å². The molecule has 1 aliphatic heterocycles. The Morgan fingerprint density at radius 2 is 1.88 bits per heavy atom. The highest BCUT2D eigenvalue weighted by molar-refractivity contribution is 9.10. The maximum atomic E-state index is 14.3. The molecule has 0 radical (unpaired) electrons. The minimum absolute atomic E-state index is 0.0350. The molecule has 25 heavy (non-hydrogen) atoms. The van der Waals surface area contributed by atoms with E-state index in [0.29, 0.717) is 17.1 Å². The van der Waals surface area contributed by atoms with Crippen LogP contribution < -0.4 is 5.32 Å². The van der Waals surface area contributed by atoms with E-state index in [2.05, 4.69) is 31.3 Å². The fraction of sp³-hybridized carbons (Fsp3) is 0.0588. The first-order valence-electron chi connectivity index (χ1n) is 7.28. The number of hydrogen-bond acceptors (Lipinski definition) is 3. The quantitative estimate of drug-likeness (QED) is 0.578. The minimum atomic E-state index is -0.714. The molecule has 3 aromatic rings. The lowest BCUT2D eigenvalue weighted by molar-refractivity contribution is 0.579. The molecule has 0 atom stereocenters. The molecule has 0 saturated heterocycles. The lowest BCUT2D eigenvalue weighted by Gasteiger charge is -2.12. The Hall–Kier alpha value is -2.25. The smallest absolute Gasteiger partial charge is 0.177 e. The molecule has 0 aliphatic carbocycles. The second-order valence-electron chi connectivity index (χ2n) is 5.48. The van der Waals surface area contributed by atoms with Crippen molar-refractivity contribution in [3.8, 4) is 11.3 Å². The van der Waals surface area contributed by atoms with Crippen molar-refractivity contribution < 1.29 is 8.78 Å². The van der Waals surface area contributed by atoms with Gasteiger partial charge >= 0.3 is 0 Å². The molecule has 0 spiro atoms. The number of benzene rings is 2. The zero-order valence-corrected chi connectivity index (χ0v) is 15.2. The third kappa shape index (κ3) is 2.63. The normalized spacial score (nSPS) is 12.8. The largest absolute Gasteiger partial charge is 0.339 e. The summed E-state index contributed by atoms with van der Waals surface area (Å²) in [4.78, 5) is 4.39. The summed E-state index contributed by atoms with van der Waals surface area (Å²) in [5, 5.41) is 7.36. The number of anilines is 1. The van der Waals surface area contributed by atoms with Gasteiger partial charge < -0.3 is 5.32 Å². The molecule has 0 bridgehead atoms. The molecule has 1 aliphatic rings. The minimum Gasteiger partial charge on any atom is -0.339 e. The molecular formula is C17H10BrClF2N4. The highest BCUT2D eigenvalue weighted by Gasteiger charge is 2.26. The Morgan fingerprint density at radius 3 is 2.60 bits per heavy atom. The van der Waals surface area contributed by atoms with Crippen LogP contribution in [-0.2, 0) is 7.05 Å². The van der Waals surface area contributed by atoms with Crippen molar-refractivity contribution in [2.24, 2.45) is 12.0 Å². The molecular weight excluding hydrogens is 414 g/mol. The lowest BCUT2D eigenvalue weighted by Crippen LogP contribution is -2.17. The van der Waals surface area contributed by atoms with Gasteiger partial charge in [0, 0.05) is 22.8 Å². The van der Waals surface area contributed by atoms with Crippen molar-refractivity contribution in [1.82, 2.24) is 9.78 Å². The number of nitrogens with zero attached hydrogens (tertiary/aromatic N) is 3. The fourth-order valence-corrected chi connectivity index (χ4v) is 3.42. The van der Waals surface area contributed by atoms with Crippen LogP contribution in [0.2, 0.25) is 5.15 Å². The maximum Gasteiger partial charge on any atom is 0.177 e. The number of aryl methyl sites for hydroxylation is 1. The van der Waals surface area contributed by atoms with E-state index in [-0.39, 0.29) is 16.6 Å². The van der Waals surface area contributed by atoms with Gasteiger partial charge in [0.25, 0.3) is 0 Å². The van der Waals surface area contributed by atoms with Crippen LogP contribution in [0.5, 0.6) is 0 Å². The number of hydrogen-bond donors (Lipinski definition) is 1. The van der Waals surface area contributed by atoms with E-state index in [4.69, 9.17) is 11.6 Å². The van der Waals surface area contributed by atoms with Crippen LogP contribution in [0.4, 0.5) is 20.2 Å². The van der Waals surface area contributed by atoms with Gasteiger partial charge in [-0.1, -0.05) is 33.6 Å². The van der Waals surface area contributed by atoms with Crippen LogP contribution in [0.3, 0.4) is 0 Å². The molecule has 0 amide bonds. The molecule has 1 N–H and O–H groups in total. The molecule has 2 aromatic carbocycles. The maximum absolute atomic E-state index is 14.3. The Balaban J connectivity index is 2.04. The second-order valence-corrected chi connectivity index (χ2v) is 6.76. The predicted octanol–water partition coefficient (Wildman–Crippen LogP) is 5.29. The van der Waals surface area contributed by atoms with Crippen molar-refractivity contribution in [2.75, 3.05) is 5.32 Å². The van der Waals surface area contributed by atoms with Crippen molar-refractivity contribution >= 4 is 44.7 Å². The van der Waals surface area contributed by atoms with Crippen LogP contribution in [0, 0.1) is 11.6 Å². The molecule has 0 fully saturated rings. The van der Waals surface area contributed by atoms with Crippen LogP contribution in [-0.4, -0.2) is 15.6 Å². The first-order valence-corrected chi connectivity index (χ1v) is 8.45. The van der Waals surface area contributed by atoms with Crippen molar-refractivity contribution in [2.45, 2.75) is 0 Å². The third-order valence-electron chi connectivity index (χ3n) is 3.89. The molecule has 8 heteroatoms. The van der Waals surface area contributed by atoms with E-state index >= 15 is 0 Å². The molecule has 2 heterocycles. The van der Waals surface area contributed by atoms with Gasteiger partial charge in [0.1, 0.15) is 23.2 Å². The van der Waals surface area contributed by atoms with Gasteiger partial charge in [-0.25, -0.2) is 13.8 Å². The first kappa shape index (κ1) is 16.2. The van der Waals surface area contributed by atoms with Crippen molar-refractivity contribution in [3.63, 3.8) is 0 Å². The summed E-state index contributed by atoms with van der Waals surface area (Å²) < 4.78 is 31.0. The zero-order chi connectivity index (χ0) is 17.7. The summed E-state index contributed by atoms with van der Waals surface area (Å²) >= 11 is 9.64. The van der Waals surface area contributed by atoms with E-state index in [1.807, 2.05) is 12.1 Å². The zero-order valence-electron chi connectivity index (χ0n) is 12.8. The monoisotopic (exact) mass is 422 g/mol. The van der Waals surface area contributed by atoms with Gasteiger partial charge in [0.05, 0.1) is 11.3 Å². The summed E-state index contributed by atoms with van der Waals surface area (Å²) in [5.41, 5.74) is 2.17. The summed E-state index contributed by atoms with van der Waals surface area (Å²) in [6.07, 6.45) is 0. The SMILES string of the molecule is Cn1nc(Cl)c2c1-c1cc(Br)ccc1NC(c1c(F)cccc1F)=N2. The number of amidine groups is 1. The van der Waals surface area contributed by atoms with Crippen LogP contribution in [0.25, 0.3) is 11.3 Å². The molecule has 4 rings (SSSR count). The topological polar surface area (TPSA) is 42.2 Å². The molecule has 1 aromatic heterocycles. The Bertz CT molecular complexity index is 1030. The summed E-state index contributed by atoms with van der Waals surface area (Å²) in [7, 11) is 1.74. The summed E-state index contributed by atoms with van der Waals surface area (Å²) in [6, 6.07) is 9.16. The van der Waals surface area contributed by atoms with Gasteiger partial charge in [-0.05, 0) is 30.3 Å². The lowest BCUT2D eigenvalue weighted by atomic mass is 10.1. The average Bonchev–Trinajstić information content (AvgIpc) is 2.73. The number of aliphatic imine (C=N–C) groups is 1. The number of halogens is 4.